The summed E-state index contributed by atoms with van der Waals surface area (Å²) in [6.45, 7) is 3.88. The van der Waals surface area contributed by atoms with Crippen LogP contribution in [0.4, 0.5) is 0 Å². The number of hydrogen-bond acceptors (Lipinski definition) is 4. The van der Waals surface area contributed by atoms with Gasteiger partial charge in [0.25, 0.3) is 5.91 Å². The number of morpholine rings is 1. The number of nitrogens with zero attached hydrogens (tertiary/aromatic N) is 1. The predicted molar refractivity (Wildman–Crippen MR) is 84.5 cm³/mol. The first kappa shape index (κ1) is 14.9. The number of rotatable bonds is 4. The maximum atomic E-state index is 12.4. The Morgan fingerprint density at radius 3 is 3.00 bits per heavy atom. The second-order valence-corrected chi connectivity index (χ2v) is 6.72. The van der Waals surface area contributed by atoms with E-state index in [0.717, 1.165) is 31.8 Å². The highest BCUT2D eigenvalue weighted by Gasteiger charge is 2.32. The Bertz CT molecular complexity index is 463. The molecule has 21 heavy (non-hydrogen) atoms. The Balaban J connectivity index is 1.45. The molecule has 0 bridgehead atoms. The lowest BCUT2D eigenvalue weighted by molar-refractivity contribution is -0.144. The Hall–Kier alpha value is -1.04. The minimum atomic E-state index is -0.278. The fourth-order valence-corrected chi connectivity index (χ4v) is 3.88. The van der Waals surface area contributed by atoms with E-state index < -0.39 is 0 Å². The number of carbonyl (C=O) groups is 1. The lowest BCUT2D eigenvalue weighted by Gasteiger charge is -2.27. The van der Waals surface area contributed by atoms with Crippen LogP contribution in [0.25, 0.3) is 0 Å². The van der Waals surface area contributed by atoms with Crippen molar-refractivity contribution >= 4 is 17.7 Å². The Labute approximate surface area is 130 Å². The third-order valence-corrected chi connectivity index (χ3v) is 5.27. The van der Waals surface area contributed by atoms with E-state index in [1.54, 1.807) is 0 Å². The summed E-state index contributed by atoms with van der Waals surface area (Å²) >= 11 is 1.89. The normalized spacial score (nSPS) is 26.0. The number of thioether (sulfide) groups is 1. The van der Waals surface area contributed by atoms with Crippen molar-refractivity contribution in [3.63, 3.8) is 0 Å². The summed E-state index contributed by atoms with van der Waals surface area (Å²) in [5.41, 5.74) is 0. The van der Waals surface area contributed by atoms with Crippen molar-refractivity contribution in [3.8, 4) is 0 Å². The molecular formula is C16H22N2O2S. The zero-order valence-corrected chi connectivity index (χ0v) is 13.0. The average Bonchev–Trinajstić information content (AvgIpc) is 3.03. The molecule has 3 rings (SSSR count). The van der Waals surface area contributed by atoms with Gasteiger partial charge in [-0.05, 0) is 24.5 Å². The third kappa shape index (κ3) is 3.99. The summed E-state index contributed by atoms with van der Waals surface area (Å²) < 4.78 is 5.56. The number of amides is 1. The van der Waals surface area contributed by atoms with E-state index in [-0.39, 0.29) is 12.0 Å². The molecule has 1 aromatic rings. The smallest absolute Gasteiger partial charge is 0.253 e. The number of benzene rings is 1. The van der Waals surface area contributed by atoms with Crippen LogP contribution in [0, 0.1) is 5.92 Å². The standard InChI is InChI=1S/C16H22N2O2S/c19-16(15-10-17-7-9-20-15)18-8-6-13(11-18)12-21-14-4-2-1-3-5-14/h1-5,13,15,17H,6-12H2. The molecular weight excluding hydrogens is 284 g/mol. The lowest BCUT2D eigenvalue weighted by atomic mass is 10.2. The molecule has 2 heterocycles. The number of hydrogen-bond donors (Lipinski definition) is 1. The number of ether oxygens (including phenoxy) is 1. The Morgan fingerprint density at radius 2 is 2.24 bits per heavy atom. The first-order valence-electron chi connectivity index (χ1n) is 7.62. The van der Waals surface area contributed by atoms with Gasteiger partial charge in [0, 0.05) is 36.8 Å². The van der Waals surface area contributed by atoms with E-state index in [1.807, 2.05) is 22.7 Å². The van der Waals surface area contributed by atoms with Crippen molar-refractivity contribution in [2.75, 3.05) is 38.5 Å². The highest BCUT2D eigenvalue weighted by Crippen LogP contribution is 2.26. The molecule has 0 aromatic heterocycles. The SMILES string of the molecule is O=C(C1CNCCO1)N1CCC(CSc2ccccc2)C1. The number of likely N-dealkylation sites (tertiary alicyclic amines) is 1. The minimum absolute atomic E-state index is 0.161. The van der Waals surface area contributed by atoms with Crippen LogP contribution in [0.5, 0.6) is 0 Å². The Kier molecular flexibility index (Phi) is 5.17. The van der Waals surface area contributed by atoms with Gasteiger partial charge < -0.3 is 15.0 Å². The molecule has 1 N–H and O–H groups in total. The second-order valence-electron chi connectivity index (χ2n) is 5.63. The van der Waals surface area contributed by atoms with Crippen molar-refractivity contribution < 1.29 is 9.53 Å². The molecule has 0 spiro atoms. The average molecular weight is 306 g/mol. The van der Waals surface area contributed by atoms with Crippen LogP contribution in [-0.2, 0) is 9.53 Å². The predicted octanol–water partition coefficient (Wildman–Crippen LogP) is 1.62. The van der Waals surface area contributed by atoms with Crippen molar-refractivity contribution in [1.82, 2.24) is 10.2 Å². The number of carbonyl (C=O) groups excluding carboxylic acids is 1. The van der Waals surface area contributed by atoms with Gasteiger partial charge in [-0.1, -0.05) is 18.2 Å². The van der Waals surface area contributed by atoms with Crippen LogP contribution >= 0.6 is 11.8 Å². The Morgan fingerprint density at radius 1 is 1.38 bits per heavy atom. The number of nitrogens with one attached hydrogen (secondary N) is 1. The summed E-state index contributed by atoms with van der Waals surface area (Å²) in [6.07, 6.45) is 0.824. The fourth-order valence-electron chi connectivity index (χ4n) is 2.83. The van der Waals surface area contributed by atoms with Crippen LogP contribution < -0.4 is 5.32 Å². The van der Waals surface area contributed by atoms with Crippen molar-refractivity contribution in [2.45, 2.75) is 17.4 Å². The molecule has 2 fully saturated rings. The van der Waals surface area contributed by atoms with E-state index in [2.05, 4.69) is 29.6 Å². The molecule has 2 aliphatic heterocycles. The molecule has 2 saturated heterocycles. The van der Waals surface area contributed by atoms with Crippen LogP contribution in [0.2, 0.25) is 0 Å². The maximum Gasteiger partial charge on any atom is 0.253 e. The second kappa shape index (κ2) is 7.29. The molecule has 4 nitrogen and oxygen atoms in total. The molecule has 2 aliphatic rings. The monoisotopic (exact) mass is 306 g/mol. The van der Waals surface area contributed by atoms with Crippen LogP contribution in [0.15, 0.2) is 35.2 Å². The van der Waals surface area contributed by atoms with E-state index in [1.165, 1.54) is 4.90 Å². The molecule has 1 aromatic carbocycles. The van der Waals surface area contributed by atoms with Gasteiger partial charge in [0.1, 0.15) is 6.10 Å². The molecule has 114 valence electrons. The molecule has 0 radical (unpaired) electrons. The quantitative estimate of drug-likeness (QED) is 0.858. The molecule has 0 saturated carbocycles. The maximum absolute atomic E-state index is 12.4. The largest absolute Gasteiger partial charge is 0.366 e. The van der Waals surface area contributed by atoms with Gasteiger partial charge in [-0.15, -0.1) is 11.8 Å². The van der Waals surface area contributed by atoms with Gasteiger partial charge in [0.05, 0.1) is 6.61 Å². The highest BCUT2D eigenvalue weighted by atomic mass is 32.2. The molecule has 2 atom stereocenters. The third-order valence-electron chi connectivity index (χ3n) is 4.03. The van der Waals surface area contributed by atoms with E-state index in [9.17, 15) is 4.79 Å². The van der Waals surface area contributed by atoms with E-state index >= 15 is 0 Å². The van der Waals surface area contributed by atoms with Gasteiger partial charge in [0.2, 0.25) is 0 Å². The molecule has 2 unspecified atom stereocenters. The fraction of sp³-hybridized carbons (Fsp3) is 0.562. The van der Waals surface area contributed by atoms with Gasteiger partial charge >= 0.3 is 0 Å². The minimum Gasteiger partial charge on any atom is -0.366 e. The van der Waals surface area contributed by atoms with Gasteiger partial charge in [-0.25, -0.2) is 0 Å². The van der Waals surface area contributed by atoms with Gasteiger partial charge in [-0.3, -0.25) is 4.79 Å². The van der Waals surface area contributed by atoms with Gasteiger partial charge in [-0.2, -0.15) is 0 Å². The topological polar surface area (TPSA) is 41.6 Å². The molecule has 1 amide bonds. The van der Waals surface area contributed by atoms with Crippen LogP contribution in [0.1, 0.15) is 6.42 Å². The summed E-state index contributed by atoms with van der Waals surface area (Å²) in [7, 11) is 0. The van der Waals surface area contributed by atoms with Crippen LogP contribution in [-0.4, -0.2) is 55.4 Å². The van der Waals surface area contributed by atoms with E-state index in [4.69, 9.17) is 4.74 Å². The molecule has 5 heteroatoms. The zero-order valence-electron chi connectivity index (χ0n) is 12.2. The first-order valence-corrected chi connectivity index (χ1v) is 8.60. The first-order chi connectivity index (χ1) is 10.3. The highest BCUT2D eigenvalue weighted by molar-refractivity contribution is 7.99. The summed E-state index contributed by atoms with van der Waals surface area (Å²) in [4.78, 5) is 15.7. The van der Waals surface area contributed by atoms with E-state index in [0.29, 0.717) is 19.1 Å². The van der Waals surface area contributed by atoms with Crippen molar-refractivity contribution in [2.24, 2.45) is 5.92 Å². The van der Waals surface area contributed by atoms with Crippen molar-refractivity contribution in [1.29, 1.82) is 0 Å². The summed E-state index contributed by atoms with van der Waals surface area (Å²) in [5.74, 6) is 1.84. The summed E-state index contributed by atoms with van der Waals surface area (Å²) in [5, 5.41) is 3.22. The molecule has 0 aliphatic carbocycles. The van der Waals surface area contributed by atoms with Crippen molar-refractivity contribution in [3.05, 3.63) is 30.3 Å². The lowest BCUT2D eigenvalue weighted by Crippen LogP contribution is -2.48. The summed E-state index contributed by atoms with van der Waals surface area (Å²) in [6, 6.07) is 10.5. The van der Waals surface area contributed by atoms with Crippen LogP contribution in [0.3, 0.4) is 0 Å². The zero-order chi connectivity index (χ0) is 14.5. The van der Waals surface area contributed by atoms with Gasteiger partial charge in [0.15, 0.2) is 0 Å².